The lowest BCUT2D eigenvalue weighted by Gasteiger charge is -2.04. The van der Waals surface area contributed by atoms with Crippen LogP contribution in [0.5, 0.6) is 0 Å². The van der Waals surface area contributed by atoms with Crippen molar-refractivity contribution in [2.24, 2.45) is 0 Å². The average Bonchev–Trinajstić information content (AvgIpc) is 2.69. The number of anilines is 1. The molecule has 3 nitrogen and oxygen atoms in total. The van der Waals surface area contributed by atoms with Crippen LogP contribution in [0.25, 0.3) is 11.4 Å². The highest BCUT2D eigenvalue weighted by Gasteiger charge is 2.04. The molecule has 0 fully saturated rings. The molecular weight excluding hydrogens is 194 g/mol. The molecule has 0 aliphatic carbocycles. The molecule has 2 heterocycles. The van der Waals surface area contributed by atoms with Crippen LogP contribution >= 0.6 is 11.3 Å². The summed E-state index contributed by atoms with van der Waals surface area (Å²) in [6.45, 7) is 4.21. The Balaban J connectivity index is 2.18. The summed E-state index contributed by atoms with van der Waals surface area (Å²) in [4.78, 5) is 7.61. The molecule has 0 amide bonds. The Kier molecular flexibility index (Phi) is 2.54. The van der Waals surface area contributed by atoms with Gasteiger partial charge >= 0.3 is 0 Å². The van der Waals surface area contributed by atoms with Crippen LogP contribution in [0.1, 0.15) is 13.8 Å². The molecule has 2 rings (SSSR count). The third-order valence-electron chi connectivity index (χ3n) is 1.79. The van der Waals surface area contributed by atoms with Gasteiger partial charge in [-0.05, 0) is 26.0 Å². The molecule has 2 aromatic heterocycles. The summed E-state index contributed by atoms with van der Waals surface area (Å²) in [5, 5.41) is 6.31. The number of hydrogen-bond acceptors (Lipinski definition) is 3. The molecule has 0 saturated carbocycles. The summed E-state index contributed by atoms with van der Waals surface area (Å²) < 4.78 is 0. The Morgan fingerprint density at radius 1 is 1.50 bits per heavy atom. The van der Waals surface area contributed by atoms with E-state index in [-0.39, 0.29) is 0 Å². The molecule has 0 aliphatic heterocycles. The fourth-order valence-corrected chi connectivity index (χ4v) is 2.06. The zero-order chi connectivity index (χ0) is 9.97. The summed E-state index contributed by atoms with van der Waals surface area (Å²) in [5.41, 5.74) is 2.07. The van der Waals surface area contributed by atoms with Gasteiger partial charge in [-0.2, -0.15) is 0 Å². The lowest BCUT2D eigenvalue weighted by molar-refractivity contribution is 0.896. The summed E-state index contributed by atoms with van der Waals surface area (Å²) in [5.74, 6) is 0. The minimum atomic E-state index is 0.428. The maximum absolute atomic E-state index is 4.47. The molecule has 14 heavy (non-hydrogen) atoms. The zero-order valence-electron chi connectivity index (χ0n) is 8.24. The van der Waals surface area contributed by atoms with Gasteiger partial charge in [0, 0.05) is 17.6 Å². The number of hydrogen-bond donors (Lipinski definition) is 2. The van der Waals surface area contributed by atoms with Crippen molar-refractivity contribution in [2.45, 2.75) is 19.9 Å². The number of thiazole rings is 1. The third kappa shape index (κ3) is 1.96. The van der Waals surface area contributed by atoms with E-state index in [2.05, 4.69) is 34.5 Å². The average molecular weight is 207 g/mol. The number of nitrogens with zero attached hydrogens (tertiary/aromatic N) is 1. The zero-order valence-corrected chi connectivity index (χ0v) is 9.06. The topological polar surface area (TPSA) is 40.7 Å². The van der Waals surface area contributed by atoms with Gasteiger partial charge in [0.1, 0.15) is 0 Å². The molecule has 0 spiro atoms. The Morgan fingerprint density at radius 2 is 2.36 bits per heavy atom. The van der Waals surface area contributed by atoms with Gasteiger partial charge in [-0.25, -0.2) is 4.98 Å². The molecule has 0 aromatic carbocycles. The first kappa shape index (κ1) is 9.27. The molecule has 2 N–H and O–H groups in total. The van der Waals surface area contributed by atoms with E-state index >= 15 is 0 Å². The first-order valence-corrected chi connectivity index (χ1v) is 5.49. The van der Waals surface area contributed by atoms with Crippen LogP contribution in [0.4, 0.5) is 5.13 Å². The van der Waals surface area contributed by atoms with Gasteiger partial charge in [0.05, 0.1) is 11.4 Å². The van der Waals surface area contributed by atoms with Crippen LogP contribution in [0.3, 0.4) is 0 Å². The molecule has 0 aliphatic rings. The van der Waals surface area contributed by atoms with E-state index in [1.54, 1.807) is 11.3 Å². The third-order valence-corrected chi connectivity index (χ3v) is 2.56. The van der Waals surface area contributed by atoms with E-state index in [1.807, 2.05) is 18.3 Å². The molecule has 74 valence electrons. The first-order chi connectivity index (χ1) is 6.75. The van der Waals surface area contributed by atoms with Gasteiger partial charge in [-0.1, -0.05) is 0 Å². The number of aromatic amines is 1. The minimum absolute atomic E-state index is 0.428. The smallest absolute Gasteiger partial charge is 0.183 e. The summed E-state index contributed by atoms with van der Waals surface area (Å²) in [6.07, 6.45) is 1.91. The van der Waals surface area contributed by atoms with Gasteiger partial charge in [0.2, 0.25) is 0 Å². The summed E-state index contributed by atoms with van der Waals surface area (Å²) >= 11 is 1.63. The van der Waals surface area contributed by atoms with Crippen molar-refractivity contribution in [1.82, 2.24) is 9.97 Å². The van der Waals surface area contributed by atoms with Crippen molar-refractivity contribution in [3.8, 4) is 11.4 Å². The van der Waals surface area contributed by atoms with E-state index < -0.39 is 0 Å². The van der Waals surface area contributed by atoms with Gasteiger partial charge in [0.15, 0.2) is 5.13 Å². The van der Waals surface area contributed by atoms with Crippen molar-refractivity contribution >= 4 is 16.5 Å². The highest BCUT2D eigenvalue weighted by atomic mass is 32.1. The van der Waals surface area contributed by atoms with Crippen molar-refractivity contribution in [3.05, 3.63) is 23.7 Å². The number of rotatable bonds is 3. The normalized spacial score (nSPS) is 10.8. The van der Waals surface area contributed by atoms with E-state index in [0.29, 0.717) is 6.04 Å². The maximum Gasteiger partial charge on any atom is 0.183 e. The van der Waals surface area contributed by atoms with Crippen molar-refractivity contribution in [3.63, 3.8) is 0 Å². The van der Waals surface area contributed by atoms with Crippen LogP contribution in [-0.2, 0) is 0 Å². The Bertz CT molecular complexity index is 389. The van der Waals surface area contributed by atoms with Crippen LogP contribution in [0.2, 0.25) is 0 Å². The van der Waals surface area contributed by atoms with Crippen LogP contribution in [0.15, 0.2) is 23.7 Å². The van der Waals surface area contributed by atoms with Crippen LogP contribution in [-0.4, -0.2) is 16.0 Å². The van der Waals surface area contributed by atoms with Crippen molar-refractivity contribution in [2.75, 3.05) is 5.32 Å². The highest BCUT2D eigenvalue weighted by Crippen LogP contribution is 2.23. The SMILES string of the molecule is CC(C)Nc1nc(-c2ccc[nH]2)cs1. The summed E-state index contributed by atoms with van der Waals surface area (Å²) in [7, 11) is 0. The monoisotopic (exact) mass is 207 g/mol. The van der Waals surface area contributed by atoms with E-state index in [1.165, 1.54) is 0 Å². The molecule has 0 unspecified atom stereocenters. The fraction of sp³-hybridized carbons (Fsp3) is 0.300. The van der Waals surface area contributed by atoms with E-state index in [4.69, 9.17) is 0 Å². The standard InChI is InChI=1S/C10H13N3S/c1-7(2)12-10-13-9(6-14-10)8-4-3-5-11-8/h3-7,11H,1-2H3,(H,12,13). The van der Waals surface area contributed by atoms with Crippen molar-refractivity contribution < 1.29 is 0 Å². The predicted octanol–water partition coefficient (Wildman–Crippen LogP) is 2.96. The Morgan fingerprint density at radius 3 is 3.00 bits per heavy atom. The predicted molar refractivity (Wildman–Crippen MR) is 60.7 cm³/mol. The minimum Gasteiger partial charge on any atom is -0.360 e. The largest absolute Gasteiger partial charge is 0.360 e. The van der Waals surface area contributed by atoms with E-state index in [9.17, 15) is 0 Å². The molecule has 0 saturated heterocycles. The van der Waals surface area contributed by atoms with Gasteiger partial charge < -0.3 is 10.3 Å². The van der Waals surface area contributed by atoms with Crippen molar-refractivity contribution in [1.29, 1.82) is 0 Å². The first-order valence-electron chi connectivity index (χ1n) is 4.61. The van der Waals surface area contributed by atoms with E-state index in [0.717, 1.165) is 16.5 Å². The van der Waals surface area contributed by atoms with Gasteiger partial charge in [-0.3, -0.25) is 0 Å². The number of nitrogens with one attached hydrogen (secondary N) is 2. The van der Waals surface area contributed by atoms with Crippen LogP contribution < -0.4 is 5.32 Å². The quantitative estimate of drug-likeness (QED) is 0.812. The van der Waals surface area contributed by atoms with Crippen LogP contribution in [0, 0.1) is 0 Å². The molecule has 0 radical (unpaired) electrons. The molecule has 0 atom stereocenters. The lowest BCUT2D eigenvalue weighted by Crippen LogP contribution is -2.08. The second-order valence-corrected chi connectivity index (χ2v) is 4.28. The Hall–Kier alpha value is -1.29. The Labute approximate surface area is 87.2 Å². The molecule has 2 aromatic rings. The molecule has 4 heteroatoms. The molecule has 0 bridgehead atoms. The second-order valence-electron chi connectivity index (χ2n) is 3.42. The number of aromatic nitrogens is 2. The van der Waals surface area contributed by atoms with Gasteiger partial charge in [-0.15, -0.1) is 11.3 Å². The highest BCUT2D eigenvalue weighted by molar-refractivity contribution is 7.14. The lowest BCUT2D eigenvalue weighted by atomic mass is 10.3. The number of H-pyrrole nitrogens is 1. The molecular formula is C10H13N3S. The fourth-order valence-electron chi connectivity index (χ4n) is 1.20. The second kappa shape index (κ2) is 3.84. The summed E-state index contributed by atoms with van der Waals surface area (Å²) in [6, 6.07) is 4.43. The van der Waals surface area contributed by atoms with Gasteiger partial charge in [0.25, 0.3) is 0 Å². The maximum atomic E-state index is 4.47.